The van der Waals surface area contributed by atoms with E-state index in [0.29, 0.717) is 0 Å². The van der Waals surface area contributed by atoms with E-state index < -0.39 is 0 Å². The maximum absolute atomic E-state index is 4.95. The van der Waals surface area contributed by atoms with E-state index in [-0.39, 0.29) is 28.4 Å². The molecule has 54 heavy (non-hydrogen) atoms. The number of aromatic nitrogens is 4. The Morgan fingerprint density at radius 1 is 0.667 bits per heavy atom. The van der Waals surface area contributed by atoms with E-state index in [1.54, 1.807) is 6.33 Å². The first-order valence-electron chi connectivity index (χ1n) is 18.9. The van der Waals surface area contributed by atoms with Gasteiger partial charge in [0.1, 0.15) is 18.0 Å². The van der Waals surface area contributed by atoms with Crippen LogP contribution in [0.1, 0.15) is 53.0 Å². The summed E-state index contributed by atoms with van der Waals surface area (Å²) in [5, 5.41) is 2.66. The minimum Gasteiger partial charge on any atom is -0.264 e. The first kappa shape index (κ1) is 31.6. The average molecular weight is 713 g/mol. The number of thioether (sulfide) groups is 1. The molecule has 4 atom stereocenters. The molecule has 0 fully saturated rings. The predicted octanol–water partition coefficient (Wildman–Crippen LogP) is 11.3. The van der Waals surface area contributed by atoms with Crippen LogP contribution in [0.15, 0.2) is 187 Å². The molecule has 1 aliphatic heterocycles. The van der Waals surface area contributed by atoms with Crippen molar-refractivity contribution in [2.75, 3.05) is 0 Å². The highest BCUT2D eigenvalue weighted by Crippen LogP contribution is 2.64. The van der Waals surface area contributed by atoms with E-state index in [1.807, 2.05) is 24.2 Å². The van der Waals surface area contributed by atoms with Crippen LogP contribution < -0.4 is 0 Å². The van der Waals surface area contributed by atoms with Gasteiger partial charge in [-0.25, -0.2) is 15.0 Å². The van der Waals surface area contributed by atoms with Gasteiger partial charge in [0.2, 0.25) is 0 Å². The van der Waals surface area contributed by atoms with Crippen molar-refractivity contribution in [3.63, 3.8) is 0 Å². The normalized spacial score (nSPS) is 22.7. The third kappa shape index (κ3) is 4.84. The van der Waals surface area contributed by atoms with Gasteiger partial charge < -0.3 is 0 Å². The molecule has 0 radical (unpaired) electrons. The van der Waals surface area contributed by atoms with Gasteiger partial charge in [-0.3, -0.25) is 4.98 Å². The summed E-state index contributed by atoms with van der Waals surface area (Å²) in [6, 6.07) is 34.1. The maximum Gasteiger partial charge on any atom is 0.139 e. The molecule has 0 N–H and O–H groups in total. The summed E-state index contributed by atoms with van der Waals surface area (Å²) >= 11 is 2.01. The highest BCUT2D eigenvalue weighted by atomic mass is 32.2. The molecule has 6 aromatic rings. The van der Waals surface area contributed by atoms with E-state index in [0.717, 1.165) is 24.5 Å². The van der Waals surface area contributed by atoms with Crippen molar-refractivity contribution in [3.05, 3.63) is 210 Å². The maximum atomic E-state index is 4.95. The molecule has 0 saturated heterocycles. The molecule has 5 heteroatoms. The van der Waals surface area contributed by atoms with Crippen molar-refractivity contribution in [1.82, 2.24) is 19.9 Å². The van der Waals surface area contributed by atoms with E-state index in [9.17, 15) is 0 Å². The van der Waals surface area contributed by atoms with E-state index >= 15 is 0 Å². The quantitative estimate of drug-likeness (QED) is 0.182. The fraction of sp³-hybridized carbons (Fsp3) is 0.143. The molecule has 0 bridgehead atoms. The lowest BCUT2D eigenvalue weighted by Gasteiger charge is -2.48. The number of allylic oxidation sites excluding steroid dienone is 11. The molecule has 4 unspecified atom stereocenters. The third-order valence-corrected chi connectivity index (χ3v) is 13.4. The van der Waals surface area contributed by atoms with E-state index in [1.165, 1.54) is 65.8 Å². The molecule has 258 valence electrons. The Hall–Kier alpha value is -5.91. The number of rotatable bonds is 4. The second kappa shape index (κ2) is 12.6. The minimum absolute atomic E-state index is 0.124. The lowest BCUT2D eigenvalue weighted by Crippen LogP contribution is -2.44. The largest absolute Gasteiger partial charge is 0.264 e. The smallest absolute Gasteiger partial charge is 0.139 e. The van der Waals surface area contributed by atoms with Gasteiger partial charge in [0, 0.05) is 45.7 Å². The molecular formula is C49H36N4S. The zero-order valence-electron chi connectivity index (χ0n) is 29.6. The van der Waals surface area contributed by atoms with Crippen LogP contribution in [0.4, 0.5) is 0 Å². The van der Waals surface area contributed by atoms with Crippen molar-refractivity contribution in [3.8, 4) is 22.3 Å². The Morgan fingerprint density at radius 2 is 1.44 bits per heavy atom. The van der Waals surface area contributed by atoms with Gasteiger partial charge in [0.05, 0.1) is 5.41 Å². The Morgan fingerprint density at radius 3 is 2.22 bits per heavy atom. The lowest BCUT2D eigenvalue weighted by molar-refractivity contribution is 0.448. The fourth-order valence-corrected chi connectivity index (χ4v) is 10.9. The topological polar surface area (TPSA) is 51.6 Å². The molecular weight excluding hydrogens is 677 g/mol. The monoisotopic (exact) mass is 712 g/mol. The third-order valence-electron chi connectivity index (χ3n) is 12.0. The number of fused-ring (bicyclic) bond motifs is 10. The van der Waals surface area contributed by atoms with Gasteiger partial charge in [-0.15, -0.1) is 11.8 Å². The standard InChI is InChI=1S/C49H36N4S/c1-2-9-33(10-3-1)47-51-30-52-48(53-47)34-19-17-31(18-20-34)35-21-23-45-43(27-35)49(41-15-6-4-12-38(41)39-13-5-7-16-42(39)49)44-28-36(22-24-46(44)54-45)37-14-8-11-32-25-26-50-29-40(32)37/h1-9,11-19,21-30,33-34,43,45H,10,20H2. The molecule has 0 amide bonds. The molecule has 5 aliphatic rings. The summed E-state index contributed by atoms with van der Waals surface area (Å²) in [4.78, 5) is 20.0. The fourth-order valence-electron chi connectivity index (χ4n) is 9.53. The molecule has 4 nitrogen and oxygen atoms in total. The SMILES string of the molecule is C1=CCC(c2ncnc(C3C=CC(C4=CC5C(C=C4)Sc4ccc(-c6cccc7ccncc67)cc4C54c5ccccc5-c5ccccc54)=CC3)n2)C=C1. The van der Waals surface area contributed by atoms with Gasteiger partial charge in [-0.2, -0.15) is 0 Å². The van der Waals surface area contributed by atoms with E-state index in [4.69, 9.17) is 4.98 Å². The lowest BCUT2D eigenvalue weighted by atomic mass is 9.61. The minimum atomic E-state index is -0.362. The van der Waals surface area contributed by atoms with Gasteiger partial charge in [0.15, 0.2) is 0 Å². The van der Waals surface area contributed by atoms with Crippen LogP contribution >= 0.6 is 11.8 Å². The summed E-state index contributed by atoms with van der Waals surface area (Å²) in [5.41, 5.74) is 11.5. The average Bonchev–Trinajstić information content (AvgIpc) is 3.54. The predicted molar refractivity (Wildman–Crippen MR) is 219 cm³/mol. The highest BCUT2D eigenvalue weighted by molar-refractivity contribution is 8.00. The summed E-state index contributed by atoms with van der Waals surface area (Å²) in [7, 11) is 0. The second-order valence-electron chi connectivity index (χ2n) is 14.8. The van der Waals surface area contributed by atoms with Crippen LogP contribution in [0.5, 0.6) is 0 Å². The number of hydrogen-bond donors (Lipinski definition) is 0. The molecule has 3 heterocycles. The number of hydrogen-bond acceptors (Lipinski definition) is 5. The Labute approximate surface area is 319 Å². The first-order valence-corrected chi connectivity index (χ1v) is 19.8. The number of pyridine rings is 1. The Bertz CT molecular complexity index is 2650. The second-order valence-corrected chi connectivity index (χ2v) is 16.0. The molecule has 2 aromatic heterocycles. The van der Waals surface area contributed by atoms with Crippen LogP contribution in [0, 0.1) is 5.92 Å². The van der Waals surface area contributed by atoms with Gasteiger partial charge in [-0.05, 0) is 86.5 Å². The summed E-state index contributed by atoms with van der Waals surface area (Å²) in [6.45, 7) is 0. The van der Waals surface area contributed by atoms with Crippen molar-refractivity contribution in [1.29, 1.82) is 0 Å². The van der Waals surface area contributed by atoms with Gasteiger partial charge >= 0.3 is 0 Å². The first-order chi connectivity index (χ1) is 26.8. The van der Waals surface area contributed by atoms with E-state index in [2.05, 4.69) is 167 Å². The Balaban J connectivity index is 1.03. The van der Waals surface area contributed by atoms with Crippen LogP contribution in [-0.4, -0.2) is 25.2 Å². The van der Waals surface area contributed by atoms with Crippen molar-refractivity contribution >= 4 is 22.5 Å². The van der Waals surface area contributed by atoms with Crippen LogP contribution in [0.25, 0.3) is 33.0 Å². The molecule has 4 aromatic carbocycles. The molecule has 4 aliphatic carbocycles. The highest BCUT2D eigenvalue weighted by Gasteiger charge is 2.55. The summed E-state index contributed by atoms with van der Waals surface area (Å²) in [6.07, 6.45) is 30.3. The zero-order valence-corrected chi connectivity index (χ0v) is 30.4. The summed E-state index contributed by atoms with van der Waals surface area (Å²) in [5.74, 6) is 2.22. The van der Waals surface area contributed by atoms with Crippen molar-refractivity contribution in [2.45, 2.75) is 40.2 Å². The van der Waals surface area contributed by atoms with Crippen molar-refractivity contribution in [2.24, 2.45) is 5.92 Å². The van der Waals surface area contributed by atoms with Crippen molar-refractivity contribution < 1.29 is 0 Å². The molecule has 11 rings (SSSR count). The molecule has 1 spiro atoms. The van der Waals surface area contributed by atoms with Gasteiger partial charge in [-0.1, -0.05) is 134 Å². The Kier molecular flexibility index (Phi) is 7.38. The zero-order chi connectivity index (χ0) is 35.6. The van der Waals surface area contributed by atoms with Crippen LogP contribution in [-0.2, 0) is 5.41 Å². The number of nitrogens with zero attached hydrogens (tertiary/aromatic N) is 4. The van der Waals surface area contributed by atoms with Crippen LogP contribution in [0.3, 0.4) is 0 Å². The molecule has 0 saturated carbocycles. The summed E-state index contributed by atoms with van der Waals surface area (Å²) < 4.78 is 0. The van der Waals surface area contributed by atoms with Gasteiger partial charge in [0.25, 0.3) is 0 Å². The van der Waals surface area contributed by atoms with Crippen LogP contribution in [0.2, 0.25) is 0 Å². The number of benzene rings is 4.